The van der Waals surface area contributed by atoms with Crippen molar-refractivity contribution >= 4 is 58.2 Å². The number of ether oxygens (including phenoxy) is 4. The molecule has 37 heavy (non-hydrogen) atoms. The molecule has 0 aromatic rings. The molecule has 0 amide bonds. The number of hydrogen-bond donors (Lipinski definition) is 0. The lowest BCUT2D eigenvalue weighted by Crippen LogP contribution is -2.25. The van der Waals surface area contributed by atoms with Crippen molar-refractivity contribution < 1.29 is 38.1 Å². The Balaban J connectivity index is 2.48. The topological polar surface area (TPSA) is 105 Å². The van der Waals surface area contributed by atoms with Crippen LogP contribution in [0.5, 0.6) is 0 Å². The SMILES string of the molecule is O=C1/C=C/C(=O)OCCCCCCCCOC(=O)C(SCCCI)CC(=O)OCCCCCCCCO1. The van der Waals surface area contributed by atoms with Gasteiger partial charge in [0.1, 0.15) is 5.25 Å². The third-order valence-corrected chi connectivity index (χ3v) is 7.69. The smallest absolute Gasteiger partial charge is 0.331 e. The van der Waals surface area contributed by atoms with Gasteiger partial charge in [-0.3, -0.25) is 9.59 Å². The van der Waals surface area contributed by atoms with Gasteiger partial charge in [0.05, 0.1) is 32.8 Å². The van der Waals surface area contributed by atoms with Crippen molar-refractivity contribution in [2.24, 2.45) is 0 Å². The summed E-state index contributed by atoms with van der Waals surface area (Å²) in [5.41, 5.74) is 0. The van der Waals surface area contributed by atoms with E-state index in [-0.39, 0.29) is 18.4 Å². The Kier molecular flexibility index (Phi) is 21.7. The molecule has 0 saturated heterocycles. The van der Waals surface area contributed by atoms with Crippen molar-refractivity contribution in [1.82, 2.24) is 0 Å². The molecule has 1 rings (SSSR count). The number of alkyl halides is 1. The maximum Gasteiger partial charge on any atom is 0.331 e. The predicted molar refractivity (Wildman–Crippen MR) is 153 cm³/mol. The minimum Gasteiger partial charge on any atom is -0.466 e. The van der Waals surface area contributed by atoms with Crippen LogP contribution < -0.4 is 0 Å². The first kappa shape index (κ1) is 33.7. The first-order valence-electron chi connectivity index (χ1n) is 13.5. The van der Waals surface area contributed by atoms with Gasteiger partial charge >= 0.3 is 23.9 Å². The quantitative estimate of drug-likeness (QED) is 0.124. The van der Waals surface area contributed by atoms with Crippen LogP contribution in [0.2, 0.25) is 0 Å². The van der Waals surface area contributed by atoms with E-state index >= 15 is 0 Å². The van der Waals surface area contributed by atoms with Crippen LogP contribution in [0.25, 0.3) is 0 Å². The Hall–Kier alpha value is -1.30. The van der Waals surface area contributed by atoms with Gasteiger partial charge < -0.3 is 18.9 Å². The van der Waals surface area contributed by atoms with E-state index in [1.54, 1.807) is 0 Å². The number of carbonyl (C=O) groups is 4. The van der Waals surface area contributed by atoms with E-state index in [0.29, 0.717) is 26.4 Å². The molecule has 1 unspecified atom stereocenters. The molecule has 0 aromatic carbocycles. The van der Waals surface area contributed by atoms with Gasteiger partial charge in [-0.25, -0.2) is 9.59 Å². The Morgan fingerprint density at radius 1 is 0.649 bits per heavy atom. The van der Waals surface area contributed by atoms with E-state index in [0.717, 1.165) is 106 Å². The van der Waals surface area contributed by atoms with E-state index in [1.807, 2.05) is 0 Å². The summed E-state index contributed by atoms with van der Waals surface area (Å²) in [5.74, 6) is -0.948. The zero-order chi connectivity index (χ0) is 27.0. The highest BCUT2D eigenvalue weighted by atomic mass is 127. The zero-order valence-corrected chi connectivity index (χ0v) is 24.9. The van der Waals surface area contributed by atoms with Gasteiger partial charge in [-0.2, -0.15) is 0 Å². The number of hydrogen-bond acceptors (Lipinski definition) is 9. The average molecular weight is 655 g/mol. The molecule has 0 aromatic heterocycles. The van der Waals surface area contributed by atoms with Gasteiger partial charge in [0.15, 0.2) is 0 Å². The molecule has 0 bridgehead atoms. The second-order valence-corrected chi connectivity index (χ2v) is 11.3. The van der Waals surface area contributed by atoms with Crippen LogP contribution in [0.3, 0.4) is 0 Å². The third-order valence-electron chi connectivity index (χ3n) is 5.64. The number of carbonyl (C=O) groups excluding carboxylic acids is 4. The summed E-state index contributed by atoms with van der Waals surface area (Å²) in [6.07, 6.45) is 14.0. The molecule has 0 radical (unpaired) electrons. The summed E-state index contributed by atoms with van der Waals surface area (Å²) in [5, 5.41) is -0.519. The lowest BCUT2D eigenvalue weighted by atomic mass is 10.1. The largest absolute Gasteiger partial charge is 0.466 e. The summed E-state index contributed by atoms with van der Waals surface area (Å²) in [4.78, 5) is 48.3. The highest BCUT2D eigenvalue weighted by Crippen LogP contribution is 2.19. The van der Waals surface area contributed by atoms with Crippen LogP contribution in [0.4, 0.5) is 0 Å². The molecule has 0 fully saturated rings. The van der Waals surface area contributed by atoms with Crippen LogP contribution in [-0.2, 0) is 38.1 Å². The molecule has 0 spiro atoms. The Morgan fingerprint density at radius 2 is 1.08 bits per heavy atom. The van der Waals surface area contributed by atoms with Crippen molar-refractivity contribution in [3.8, 4) is 0 Å². The van der Waals surface area contributed by atoms with Crippen LogP contribution in [0.15, 0.2) is 12.2 Å². The highest BCUT2D eigenvalue weighted by Gasteiger charge is 2.24. The molecule has 1 aliphatic rings. The second-order valence-electron chi connectivity index (χ2n) is 8.91. The van der Waals surface area contributed by atoms with Crippen molar-refractivity contribution in [1.29, 1.82) is 0 Å². The predicted octanol–water partition coefficient (Wildman–Crippen LogP) is 5.73. The van der Waals surface area contributed by atoms with Crippen molar-refractivity contribution in [3.05, 3.63) is 12.2 Å². The Morgan fingerprint density at radius 3 is 1.57 bits per heavy atom. The molecular formula is C27H43IO8S. The molecule has 0 saturated carbocycles. The summed E-state index contributed by atoms with van der Waals surface area (Å²) < 4.78 is 22.0. The number of esters is 4. The molecule has 1 heterocycles. The van der Waals surface area contributed by atoms with Gasteiger partial charge in [-0.1, -0.05) is 74.0 Å². The van der Waals surface area contributed by atoms with E-state index in [9.17, 15) is 19.2 Å². The fourth-order valence-corrected chi connectivity index (χ4v) is 5.51. The molecule has 1 aliphatic heterocycles. The Labute approximate surface area is 239 Å². The summed E-state index contributed by atoms with van der Waals surface area (Å²) in [7, 11) is 0. The maximum atomic E-state index is 12.6. The monoisotopic (exact) mass is 654 g/mol. The number of rotatable bonds is 4. The van der Waals surface area contributed by atoms with Crippen LogP contribution >= 0.6 is 34.4 Å². The Bertz CT molecular complexity index is 685. The minimum atomic E-state index is -0.539. The van der Waals surface area contributed by atoms with E-state index in [2.05, 4.69) is 22.6 Å². The first-order valence-corrected chi connectivity index (χ1v) is 16.1. The third kappa shape index (κ3) is 20.4. The van der Waals surface area contributed by atoms with Crippen LogP contribution in [-0.4, -0.2) is 65.7 Å². The number of halogens is 1. The minimum absolute atomic E-state index is 0.0449. The van der Waals surface area contributed by atoms with Crippen molar-refractivity contribution in [2.75, 3.05) is 36.6 Å². The molecule has 0 aliphatic carbocycles. The summed E-state index contributed by atoms with van der Waals surface area (Å²) >= 11 is 3.78. The number of cyclic esters (lactones) is 4. The molecule has 10 heteroatoms. The van der Waals surface area contributed by atoms with Gasteiger partial charge in [-0.15, -0.1) is 11.8 Å². The van der Waals surface area contributed by atoms with Crippen molar-refractivity contribution in [3.63, 3.8) is 0 Å². The van der Waals surface area contributed by atoms with Gasteiger partial charge in [0, 0.05) is 16.6 Å². The fraction of sp³-hybridized carbons (Fsp3) is 0.778. The molecule has 1 atom stereocenters. The van der Waals surface area contributed by atoms with Gasteiger partial charge in [0.25, 0.3) is 0 Å². The average Bonchev–Trinajstić information content (AvgIpc) is 2.88. The number of thioether (sulfide) groups is 1. The molecule has 0 N–H and O–H groups in total. The van der Waals surface area contributed by atoms with E-state index in [1.165, 1.54) is 11.8 Å². The summed E-state index contributed by atoms with van der Waals surface area (Å²) in [6.45, 7) is 1.33. The molecule has 8 nitrogen and oxygen atoms in total. The normalized spacial score (nSPS) is 22.9. The highest BCUT2D eigenvalue weighted by molar-refractivity contribution is 14.1. The standard InChI is InChI=1S/C27H43IO8S/c28-16-13-21-37-23-22-26(31)35-19-11-7-2-1-5-9-17-33-24(29)14-15-25(30)34-18-10-6-3-4-8-12-20-36-27(23)32/h14-15,23H,1-13,16-22H2/b15-14+. The van der Waals surface area contributed by atoms with Gasteiger partial charge in [0.2, 0.25) is 0 Å². The van der Waals surface area contributed by atoms with Crippen LogP contribution in [0.1, 0.15) is 89.9 Å². The van der Waals surface area contributed by atoms with Gasteiger partial charge in [-0.05, 0) is 37.9 Å². The second kappa shape index (κ2) is 23.8. The lowest BCUT2D eigenvalue weighted by Gasteiger charge is -2.15. The van der Waals surface area contributed by atoms with E-state index < -0.39 is 17.2 Å². The fourth-order valence-electron chi connectivity index (χ4n) is 3.55. The van der Waals surface area contributed by atoms with Crippen molar-refractivity contribution in [2.45, 2.75) is 95.1 Å². The maximum absolute atomic E-state index is 12.6. The molecular weight excluding hydrogens is 611 g/mol. The summed E-state index contributed by atoms with van der Waals surface area (Å²) in [6, 6.07) is 0. The molecule has 212 valence electrons. The van der Waals surface area contributed by atoms with Crippen LogP contribution in [0, 0.1) is 0 Å². The first-order chi connectivity index (χ1) is 18.0. The lowest BCUT2D eigenvalue weighted by molar-refractivity contribution is -0.149. The van der Waals surface area contributed by atoms with E-state index in [4.69, 9.17) is 18.9 Å². The zero-order valence-electron chi connectivity index (χ0n) is 21.9.